The van der Waals surface area contributed by atoms with E-state index in [-0.39, 0.29) is 11.1 Å². The van der Waals surface area contributed by atoms with Gasteiger partial charge in [0.2, 0.25) is 0 Å². The van der Waals surface area contributed by atoms with Crippen LogP contribution in [0.15, 0.2) is 12.3 Å². The number of piperidine rings is 1. The maximum atomic E-state index is 12.3. The number of hydrogen-bond donors (Lipinski definition) is 1. The van der Waals surface area contributed by atoms with E-state index in [4.69, 9.17) is 23.2 Å². The average Bonchev–Trinajstić information content (AvgIpc) is 2.37. The van der Waals surface area contributed by atoms with Gasteiger partial charge in [-0.05, 0) is 32.8 Å². The molecule has 4 nitrogen and oxygen atoms in total. The van der Waals surface area contributed by atoms with Crippen LogP contribution in [0.3, 0.4) is 0 Å². The first-order chi connectivity index (χ1) is 8.99. The predicted octanol–water partition coefficient (Wildman–Crippen LogP) is 3.30. The van der Waals surface area contributed by atoms with Gasteiger partial charge in [-0.15, -0.1) is 0 Å². The Kier molecular flexibility index (Phi) is 4.66. The highest BCUT2D eigenvalue weighted by atomic mass is 35.5. The molecule has 1 saturated heterocycles. The van der Waals surface area contributed by atoms with E-state index in [0.717, 1.165) is 12.8 Å². The molecule has 2 heterocycles. The first-order valence-corrected chi connectivity index (χ1v) is 7.15. The molecule has 1 N–H and O–H groups in total. The zero-order valence-electron chi connectivity index (χ0n) is 11.0. The number of hydrogen-bond acceptors (Lipinski definition) is 3. The number of hydrazine groups is 1. The summed E-state index contributed by atoms with van der Waals surface area (Å²) in [4.78, 5) is 16.1. The molecule has 2 unspecified atom stereocenters. The highest BCUT2D eigenvalue weighted by Crippen LogP contribution is 2.22. The van der Waals surface area contributed by atoms with Gasteiger partial charge in [-0.3, -0.25) is 10.2 Å². The number of nitrogens with zero attached hydrogens (tertiary/aromatic N) is 2. The highest BCUT2D eigenvalue weighted by Gasteiger charge is 2.27. The van der Waals surface area contributed by atoms with E-state index in [0.29, 0.717) is 22.7 Å². The fourth-order valence-electron chi connectivity index (χ4n) is 2.41. The van der Waals surface area contributed by atoms with E-state index < -0.39 is 0 Å². The number of carbonyl (C=O) groups is 1. The van der Waals surface area contributed by atoms with Crippen molar-refractivity contribution in [3.63, 3.8) is 0 Å². The standard InChI is InChI=1S/C13H17Cl2N3O/c1-8-4-3-5-9(2)18(8)17-13(19)10-6-12(15)16-7-11(10)14/h6-9H,3-5H2,1-2H3,(H,17,19). The second-order valence-corrected chi connectivity index (χ2v) is 5.76. The Morgan fingerprint density at radius 1 is 1.37 bits per heavy atom. The average molecular weight is 302 g/mol. The van der Waals surface area contributed by atoms with Gasteiger partial charge in [0.1, 0.15) is 5.15 Å². The Hall–Kier alpha value is -0.840. The van der Waals surface area contributed by atoms with Crippen molar-refractivity contribution in [1.82, 2.24) is 15.4 Å². The Morgan fingerprint density at radius 3 is 2.63 bits per heavy atom. The van der Waals surface area contributed by atoms with Gasteiger partial charge in [-0.1, -0.05) is 29.6 Å². The molecule has 0 saturated carbocycles. The largest absolute Gasteiger partial charge is 0.284 e. The van der Waals surface area contributed by atoms with Crippen LogP contribution in [0.2, 0.25) is 10.2 Å². The van der Waals surface area contributed by atoms with Gasteiger partial charge in [-0.2, -0.15) is 0 Å². The van der Waals surface area contributed by atoms with E-state index in [1.807, 2.05) is 5.01 Å². The lowest BCUT2D eigenvalue weighted by Crippen LogP contribution is -2.54. The Bertz CT molecular complexity index is 471. The fourth-order valence-corrected chi connectivity index (χ4v) is 2.75. The van der Waals surface area contributed by atoms with Crippen molar-refractivity contribution in [3.8, 4) is 0 Å². The van der Waals surface area contributed by atoms with Crippen LogP contribution in [-0.2, 0) is 0 Å². The highest BCUT2D eigenvalue weighted by molar-refractivity contribution is 6.35. The predicted molar refractivity (Wildman–Crippen MR) is 76.3 cm³/mol. The number of amides is 1. The molecule has 1 aliphatic rings. The molecule has 2 rings (SSSR count). The zero-order valence-corrected chi connectivity index (χ0v) is 12.5. The minimum atomic E-state index is -0.241. The normalized spacial score (nSPS) is 24.2. The van der Waals surface area contributed by atoms with E-state index in [1.165, 1.54) is 18.7 Å². The zero-order chi connectivity index (χ0) is 14.0. The summed E-state index contributed by atoms with van der Waals surface area (Å²) in [5.74, 6) is -0.241. The minimum Gasteiger partial charge on any atom is -0.284 e. The van der Waals surface area contributed by atoms with Gasteiger partial charge in [0.25, 0.3) is 5.91 Å². The molecule has 0 radical (unpaired) electrons. The molecule has 1 fully saturated rings. The van der Waals surface area contributed by atoms with Gasteiger partial charge < -0.3 is 0 Å². The van der Waals surface area contributed by atoms with E-state index in [9.17, 15) is 4.79 Å². The van der Waals surface area contributed by atoms with Crippen LogP contribution >= 0.6 is 23.2 Å². The Labute approximate surface area is 123 Å². The molecule has 1 aliphatic heterocycles. The van der Waals surface area contributed by atoms with Crippen molar-refractivity contribution in [2.75, 3.05) is 0 Å². The second kappa shape index (κ2) is 6.07. The summed E-state index contributed by atoms with van der Waals surface area (Å²) in [5, 5.41) is 2.56. The Balaban J connectivity index is 2.14. The summed E-state index contributed by atoms with van der Waals surface area (Å²) in [6.07, 6.45) is 4.74. The van der Waals surface area contributed by atoms with Gasteiger partial charge in [0.05, 0.1) is 10.6 Å². The summed E-state index contributed by atoms with van der Waals surface area (Å²) in [5.41, 5.74) is 3.28. The van der Waals surface area contributed by atoms with E-state index in [2.05, 4.69) is 24.3 Å². The van der Waals surface area contributed by atoms with Gasteiger partial charge in [0.15, 0.2) is 0 Å². The summed E-state index contributed by atoms with van der Waals surface area (Å²) in [6, 6.07) is 2.13. The van der Waals surface area contributed by atoms with Crippen LogP contribution in [0.4, 0.5) is 0 Å². The molecule has 2 atom stereocenters. The van der Waals surface area contributed by atoms with Crippen molar-refractivity contribution in [2.45, 2.75) is 45.2 Å². The van der Waals surface area contributed by atoms with Gasteiger partial charge in [-0.25, -0.2) is 9.99 Å². The number of halogens is 2. The van der Waals surface area contributed by atoms with Crippen molar-refractivity contribution in [3.05, 3.63) is 28.0 Å². The lowest BCUT2D eigenvalue weighted by Gasteiger charge is -2.38. The van der Waals surface area contributed by atoms with Gasteiger partial charge in [0, 0.05) is 18.3 Å². The number of carbonyl (C=O) groups excluding carboxylic acids is 1. The third kappa shape index (κ3) is 3.38. The number of nitrogens with one attached hydrogen (secondary N) is 1. The number of rotatable bonds is 2. The van der Waals surface area contributed by atoms with Crippen molar-refractivity contribution >= 4 is 29.1 Å². The third-order valence-electron chi connectivity index (χ3n) is 3.49. The van der Waals surface area contributed by atoms with Gasteiger partial charge >= 0.3 is 0 Å². The number of aromatic nitrogens is 1. The molecule has 104 valence electrons. The lowest BCUT2D eigenvalue weighted by atomic mass is 10.00. The molecule has 1 aromatic heterocycles. The third-order valence-corrected chi connectivity index (χ3v) is 4.00. The smallest absolute Gasteiger partial charge is 0.267 e. The van der Waals surface area contributed by atoms with Crippen LogP contribution in [0.1, 0.15) is 43.5 Å². The van der Waals surface area contributed by atoms with E-state index in [1.54, 1.807) is 0 Å². The molecule has 0 bridgehead atoms. The molecule has 1 amide bonds. The fraction of sp³-hybridized carbons (Fsp3) is 0.538. The summed E-state index contributed by atoms with van der Waals surface area (Å²) in [6.45, 7) is 4.22. The number of pyridine rings is 1. The maximum Gasteiger partial charge on any atom is 0.267 e. The molecule has 1 aromatic rings. The van der Waals surface area contributed by atoms with Crippen molar-refractivity contribution in [2.24, 2.45) is 0 Å². The van der Waals surface area contributed by atoms with Crippen LogP contribution in [0.25, 0.3) is 0 Å². The molecule has 0 aromatic carbocycles. The molecule has 6 heteroatoms. The lowest BCUT2D eigenvalue weighted by molar-refractivity contribution is 0.0370. The first-order valence-electron chi connectivity index (χ1n) is 6.39. The summed E-state index contributed by atoms with van der Waals surface area (Å²) < 4.78 is 0. The first kappa shape index (κ1) is 14.6. The van der Waals surface area contributed by atoms with Crippen molar-refractivity contribution in [1.29, 1.82) is 0 Å². The summed E-state index contributed by atoms with van der Waals surface area (Å²) >= 11 is 11.8. The van der Waals surface area contributed by atoms with Crippen LogP contribution in [0.5, 0.6) is 0 Å². The quantitative estimate of drug-likeness (QED) is 0.853. The molecule has 0 aliphatic carbocycles. The molecular weight excluding hydrogens is 285 g/mol. The van der Waals surface area contributed by atoms with Crippen molar-refractivity contribution < 1.29 is 4.79 Å². The molecule has 0 spiro atoms. The summed E-state index contributed by atoms with van der Waals surface area (Å²) in [7, 11) is 0. The SMILES string of the molecule is CC1CCCC(C)N1NC(=O)c1cc(Cl)ncc1Cl. The molecule has 19 heavy (non-hydrogen) atoms. The van der Waals surface area contributed by atoms with E-state index >= 15 is 0 Å². The van der Waals surface area contributed by atoms with Crippen LogP contribution < -0.4 is 5.43 Å². The minimum absolute atomic E-state index is 0.241. The molecular formula is C13H17Cl2N3O. The topological polar surface area (TPSA) is 45.2 Å². The van der Waals surface area contributed by atoms with Crippen LogP contribution in [-0.4, -0.2) is 28.0 Å². The van der Waals surface area contributed by atoms with Crippen LogP contribution in [0, 0.1) is 0 Å². The Morgan fingerprint density at radius 2 is 2.00 bits per heavy atom. The second-order valence-electron chi connectivity index (χ2n) is 4.96. The maximum absolute atomic E-state index is 12.3. The monoisotopic (exact) mass is 301 g/mol.